The summed E-state index contributed by atoms with van der Waals surface area (Å²) >= 11 is 0. The van der Waals surface area contributed by atoms with Crippen LogP contribution in [0.25, 0.3) is 0 Å². The quantitative estimate of drug-likeness (QED) is 0.868. The van der Waals surface area contributed by atoms with Crippen molar-refractivity contribution in [3.8, 4) is 5.75 Å². The lowest BCUT2D eigenvalue weighted by molar-refractivity contribution is -0.138. The molecule has 110 valence electrons. The minimum atomic E-state index is -0.715. The van der Waals surface area contributed by atoms with Crippen LogP contribution in [0.1, 0.15) is 44.2 Å². The van der Waals surface area contributed by atoms with Gasteiger partial charge in [0.2, 0.25) is 0 Å². The van der Waals surface area contributed by atoms with E-state index in [2.05, 4.69) is 11.8 Å². The second-order valence-electron chi connectivity index (χ2n) is 5.58. The van der Waals surface area contributed by atoms with Gasteiger partial charge < -0.3 is 10.2 Å². The van der Waals surface area contributed by atoms with Gasteiger partial charge in [-0.3, -0.25) is 9.69 Å². The van der Waals surface area contributed by atoms with Gasteiger partial charge in [0.25, 0.3) is 0 Å². The number of phenolic OH excluding ortho intramolecular Hbond substituents is 1. The Morgan fingerprint density at radius 2 is 2.20 bits per heavy atom. The van der Waals surface area contributed by atoms with Crippen LogP contribution >= 0.6 is 0 Å². The third kappa shape index (κ3) is 3.51. The van der Waals surface area contributed by atoms with Crippen LogP contribution in [-0.2, 0) is 4.79 Å². The number of likely N-dealkylation sites (tertiary alicyclic amines) is 1. The van der Waals surface area contributed by atoms with Crippen molar-refractivity contribution in [2.24, 2.45) is 5.92 Å². The van der Waals surface area contributed by atoms with Crippen molar-refractivity contribution < 1.29 is 15.0 Å². The number of para-hydroxylation sites is 1. The number of phenols is 1. The first-order valence-corrected chi connectivity index (χ1v) is 7.35. The van der Waals surface area contributed by atoms with Crippen molar-refractivity contribution in [2.75, 3.05) is 13.1 Å². The van der Waals surface area contributed by atoms with Crippen molar-refractivity contribution in [3.05, 3.63) is 29.8 Å². The number of benzene rings is 1. The number of nitrogens with zero attached hydrogens (tertiary/aromatic N) is 1. The van der Waals surface area contributed by atoms with Crippen molar-refractivity contribution in [1.82, 2.24) is 4.90 Å². The maximum Gasteiger partial charge on any atom is 0.303 e. The maximum absolute atomic E-state index is 10.9. The molecule has 0 aromatic heterocycles. The maximum atomic E-state index is 10.9. The molecule has 1 saturated heterocycles. The van der Waals surface area contributed by atoms with E-state index in [4.69, 9.17) is 5.11 Å². The Kier molecular flexibility index (Phi) is 5.01. The summed E-state index contributed by atoms with van der Waals surface area (Å²) in [6.07, 6.45) is 3.17. The van der Waals surface area contributed by atoms with Gasteiger partial charge in [-0.15, -0.1) is 0 Å². The molecular weight excluding hydrogens is 254 g/mol. The summed E-state index contributed by atoms with van der Waals surface area (Å²) in [5, 5.41) is 19.0. The van der Waals surface area contributed by atoms with E-state index >= 15 is 0 Å². The smallest absolute Gasteiger partial charge is 0.303 e. The number of aromatic hydroxyl groups is 1. The Morgan fingerprint density at radius 3 is 2.85 bits per heavy atom. The zero-order valence-corrected chi connectivity index (χ0v) is 12.0. The van der Waals surface area contributed by atoms with Gasteiger partial charge in [-0.05, 0) is 37.8 Å². The molecule has 4 heteroatoms. The van der Waals surface area contributed by atoms with E-state index in [0.717, 1.165) is 37.9 Å². The van der Waals surface area contributed by atoms with Crippen LogP contribution < -0.4 is 0 Å². The van der Waals surface area contributed by atoms with E-state index in [9.17, 15) is 9.90 Å². The van der Waals surface area contributed by atoms with Gasteiger partial charge in [-0.25, -0.2) is 0 Å². The first kappa shape index (κ1) is 14.9. The summed E-state index contributed by atoms with van der Waals surface area (Å²) < 4.78 is 0. The normalized spacial score (nSPS) is 21.6. The predicted octanol–water partition coefficient (Wildman–Crippen LogP) is 3.03. The summed E-state index contributed by atoms with van der Waals surface area (Å²) in [6.45, 7) is 3.89. The van der Waals surface area contributed by atoms with E-state index in [1.54, 1.807) is 6.07 Å². The molecule has 2 rings (SSSR count). The molecule has 0 bridgehead atoms. The number of aliphatic carboxylic acids is 1. The van der Waals surface area contributed by atoms with E-state index in [-0.39, 0.29) is 18.4 Å². The molecule has 0 spiro atoms. The largest absolute Gasteiger partial charge is 0.508 e. The minimum absolute atomic E-state index is 0.174. The second-order valence-corrected chi connectivity index (χ2v) is 5.58. The number of carboxylic acid groups (broad SMARTS) is 1. The molecule has 1 aromatic rings. The zero-order chi connectivity index (χ0) is 14.5. The molecule has 2 atom stereocenters. The van der Waals surface area contributed by atoms with E-state index in [1.165, 1.54) is 0 Å². The standard InChI is InChI=1S/C16H23NO3/c1-2-14(13-7-3-4-8-15(13)18)17-9-5-6-12(11-17)10-16(19)20/h3-4,7-8,12,14,18H,2,5-6,9-11H2,1H3,(H,19,20). The lowest BCUT2D eigenvalue weighted by Gasteiger charge is -2.38. The average Bonchev–Trinajstić information content (AvgIpc) is 2.41. The van der Waals surface area contributed by atoms with Crippen molar-refractivity contribution >= 4 is 5.97 Å². The fourth-order valence-corrected chi connectivity index (χ4v) is 3.24. The van der Waals surface area contributed by atoms with Crippen LogP contribution in [0.5, 0.6) is 5.75 Å². The van der Waals surface area contributed by atoms with Crippen LogP contribution in [0, 0.1) is 5.92 Å². The van der Waals surface area contributed by atoms with Crippen LogP contribution in [0.4, 0.5) is 0 Å². The third-order valence-corrected chi connectivity index (χ3v) is 4.14. The van der Waals surface area contributed by atoms with E-state index in [1.807, 2.05) is 18.2 Å². The highest BCUT2D eigenvalue weighted by Gasteiger charge is 2.28. The lowest BCUT2D eigenvalue weighted by Crippen LogP contribution is -2.38. The lowest BCUT2D eigenvalue weighted by atomic mass is 9.91. The number of rotatable bonds is 5. The topological polar surface area (TPSA) is 60.8 Å². The molecule has 1 aliphatic rings. The Morgan fingerprint density at radius 1 is 1.45 bits per heavy atom. The highest BCUT2D eigenvalue weighted by atomic mass is 16.4. The third-order valence-electron chi connectivity index (χ3n) is 4.14. The fraction of sp³-hybridized carbons (Fsp3) is 0.562. The molecule has 2 N–H and O–H groups in total. The molecule has 4 nitrogen and oxygen atoms in total. The molecule has 0 radical (unpaired) electrons. The molecule has 1 heterocycles. The number of hydrogen-bond acceptors (Lipinski definition) is 3. The van der Waals surface area contributed by atoms with E-state index in [0.29, 0.717) is 5.75 Å². The van der Waals surface area contributed by atoms with Crippen LogP contribution in [-0.4, -0.2) is 34.2 Å². The van der Waals surface area contributed by atoms with Crippen LogP contribution in [0.15, 0.2) is 24.3 Å². The number of hydrogen-bond donors (Lipinski definition) is 2. The van der Waals surface area contributed by atoms with Gasteiger partial charge in [0, 0.05) is 24.6 Å². The van der Waals surface area contributed by atoms with Gasteiger partial charge >= 0.3 is 5.97 Å². The van der Waals surface area contributed by atoms with Gasteiger partial charge in [0.1, 0.15) is 5.75 Å². The van der Waals surface area contributed by atoms with Crippen molar-refractivity contribution in [1.29, 1.82) is 0 Å². The highest BCUT2D eigenvalue weighted by molar-refractivity contribution is 5.67. The summed E-state index contributed by atoms with van der Waals surface area (Å²) in [7, 11) is 0. The number of carboxylic acids is 1. The second kappa shape index (κ2) is 6.75. The molecular formula is C16H23NO3. The molecule has 1 aliphatic heterocycles. The summed E-state index contributed by atoms with van der Waals surface area (Å²) in [5.41, 5.74) is 0.950. The van der Waals surface area contributed by atoms with Crippen molar-refractivity contribution in [2.45, 2.75) is 38.6 Å². The Bertz CT molecular complexity index is 461. The summed E-state index contributed by atoms with van der Waals surface area (Å²) in [5.74, 6) is -0.159. The van der Waals surface area contributed by atoms with Crippen LogP contribution in [0.2, 0.25) is 0 Å². The molecule has 0 saturated carbocycles. The van der Waals surface area contributed by atoms with E-state index < -0.39 is 5.97 Å². The molecule has 20 heavy (non-hydrogen) atoms. The number of carbonyl (C=O) groups is 1. The van der Waals surface area contributed by atoms with Gasteiger partial charge in [0.05, 0.1) is 0 Å². The summed E-state index contributed by atoms with van der Waals surface area (Å²) in [4.78, 5) is 13.2. The van der Waals surface area contributed by atoms with Crippen LogP contribution in [0.3, 0.4) is 0 Å². The Hall–Kier alpha value is -1.55. The first-order chi connectivity index (χ1) is 9.61. The molecule has 0 aliphatic carbocycles. The van der Waals surface area contributed by atoms with Gasteiger partial charge in [-0.1, -0.05) is 25.1 Å². The van der Waals surface area contributed by atoms with Gasteiger partial charge in [0.15, 0.2) is 0 Å². The fourth-order valence-electron chi connectivity index (χ4n) is 3.24. The average molecular weight is 277 g/mol. The molecule has 1 aromatic carbocycles. The first-order valence-electron chi connectivity index (χ1n) is 7.35. The monoisotopic (exact) mass is 277 g/mol. The predicted molar refractivity (Wildman–Crippen MR) is 77.7 cm³/mol. The van der Waals surface area contributed by atoms with Gasteiger partial charge in [-0.2, -0.15) is 0 Å². The Balaban J connectivity index is 2.11. The molecule has 1 fully saturated rings. The molecule has 2 unspecified atom stereocenters. The molecule has 0 amide bonds. The Labute approximate surface area is 120 Å². The highest BCUT2D eigenvalue weighted by Crippen LogP contribution is 2.34. The minimum Gasteiger partial charge on any atom is -0.508 e. The summed E-state index contributed by atoms with van der Waals surface area (Å²) in [6, 6.07) is 7.62. The zero-order valence-electron chi connectivity index (χ0n) is 12.0. The number of piperidine rings is 1. The van der Waals surface area contributed by atoms with Crippen molar-refractivity contribution in [3.63, 3.8) is 0 Å². The SMILES string of the molecule is CCC(c1ccccc1O)N1CCCC(CC(=O)O)C1.